The van der Waals surface area contributed by atoms with Crippen molar-refractivity contribution in [3.63, 3.8) is 0 Å². The molecule has 0 aliphatic heterocycles. The summed E-state index contributed by atoms with van der Waals surface area (Å²) in [6.45, 7) is 5.98. The quantitative estimate of drug-likeness (QED) is 0.454. The van der Waals surface area contributed by atoms with Gasteiger partial charge in [-0.1, -0.05) is 61.9 Å². The lowest BCUT2D eigenvalue weighted by Gasteiger charge is -2.02. The number of carbonyl (C=O) groups excluding carboxylic acids is 2. The van der Waals surface area contributed by atoms with E-state index in [0.717, 1.165) is 24.6 Å². The van der Waals surface area contributed by atoms with Crippen LogP contribution in [0, 0.1) is 6.92 Å². The highest BCUT2D eigenvalue weighted by molar-refractivity contribution is 5.65. The number of aldehydes is 2. The van der Waals surface area contributed by atoms with Crippen molar-refractivity contribution < 1.29 is 9.59 Å². The predicted octanol–water partition coefficient (Wildman–Crippen LogP) is 4.01. The molecule has 0 bridgehead atoms. The smallest absolute Gasteiger partial charge is 0.142 e. The van der Waals surface area contributed by atoms with Crippen LogP contribution < -0.4 is 0 Å². The molecule has 0 fully saturated rings. The first-order valence-electron chi connectivity index (χ1n) is 6.44. The van der Waals surface area contributed by atoms with Gasteiger partial charge in [-0.25, -0.2) is 0 Å². The zero-order chi connectivity index (χ0) is 14.5. The molecule has 0 radical (unpaired) electrons. The maximum absolute atomic E-state index is 10.4. The molecule has 1 unspecified atom stereocenters. The highest BCUT2D eigenvalue weighted by atomic mass is 16.1. The zero-order valence-electron chi connectivity index (χ0n) is 11.9. The van der Waals surface area contributed by atoms with Crippen molar-refractivity contribution in [1.82, 2.24) is 0 Å². The molecular formula is C17H22O2. The molecular weight excluding hydrogens is 236 g/mol. The Kier molecular flexibility index (Phi) is 10.00. The van der Waals surface area contributed by atoms with Gasteiger partial charge in [0.1, 0.15) is 12.6 Å². The molecule has 0 spiro atoms. The number of rotatable bonds is 5. The lowest BCUT2D eigenvalue weighted by molar-refractivity contribution is -0.108. The minimum Gasteiger partial charge on any atom is -0.303 e. The van der Waals surface area contributed by atoms with Gasteiger partial charge >= 0.3 is 0 Å². The highest BCUT2D eigenvalue weighted by Crippen LogP contribution is 2.12. The summed E-state index contributed by atoms with van der Waals surface area (Å²) in [6.07, 6.45) is 9.77. The Hall–Kier alpha value is -1.96. The van der Waals surface area contributed by atoms with Crippen molar-refractivity contribution in [2.75, 3.05) is 0 Å². The van der Waals surface area contributed by atoms with Crippen LogP contribution in [0.4, 0.5) is 0 Å². The van der Waals surface area contributed by atoms with E-state index in [1.54, 1.807) is 6.08 Å². The van der Waals surface area contributed by atoms with Gasteiger partial charge in [0.05, 0.1) is 0 Å². The SMILES string of the molecule is CCC=CC=CC=O.Cc1ccc(C(C)C=O)cc1. The van der Waals surface area contributed by atoms with Crippen LogP contribution in [0.5, 0.6) is 0 Å². The molecule has 2 nitrogen and oxygen atoms in total. The second-order valence-electron chi connectivity index (χ2n) is 4.19. The molecule has 0 aromatic heterocycles. The molecule has 1 rings (SSSR count). The summed E-state index contributed by atoms with van der Waals surface area (Å²) in [5.41, 5.74) is 2.32. The largest absolute Gasteiger partial charge is 0.303 e. The summed E-state index contributed by atoms with van der Waals surface area (Å²) in [7, 11) is 0. The minimum absolute atomic E-state index is 0.0237. The third-order valence-electron chi connectivity index (χ3n) is 2.48. The first kappa shape index (κ1) is 17.0. The molecule has 0 saturated carbocycles. The second-order valence-corrected chi connectivity index (χ2v) is 4.19. The summed E-state index contributed by atoms with van der Waals surface area (Å²) in [6, 6.07) is 8.04. The van der Waals surface area contributed by atoms with E-state index in [9.17, 15) is 9.59 Å². The van der Waals surface area contributed by atoms with Crippen LogP contribution in [0.15, 0.2) is 48.6 Å². The molecule has 19 heavy (non-hydrogen) atoms. The second kappa shape index (κ2) is 11.1. The first-order valence-corrected chi connectivity index (χ1v) is 6.44. The van der Waals surface area contributed by atoms with Gasteiger partial charge in [0.25, 0.3) is 0 Å². The van der Waals surface area contributed by atoms with E-state index in [0.29, 0.717) is 0 Å². The normalized spacial score (nSPS) is 11.9. The van der Waals surface area contributed by atoms with Crippen molar-refractivity contribution in [1.29, 1.82) is 0 Å². The maximum atomic E-state index is 10.4. The molecule has 2 heteroatoms. The van der Waals surface area contributed by atoms with E-state index in [4.69, 9.17) is 0 Å². The number of aryl methyl sites for hydroxylation is 1. The van der Waals surface area contributed by atoms with Gasteiger partial charge in [-0.2, -0.15) is 0 Å². The van der Waals surface area contributed by atoms with Gasteiger partial charge in [0.2, 0.25) is 0 Å². The van der Waals surface area contributed by atoms with Gasteiger partial charge in [-0.3, -0.25) is 4.79 Å². The number of hydrogen-bond donors (Lipinski definition) is 0. The Balaban J connectivity index is 0.000000362. The Labute approximate surface area is 115 Å². The van der Waals surface area contributed by atoms with Crippen LogP contribution in [0.3, 0.4) is 0 Å². The molecule has 0 aliphatic carbocycles. The number of benzene rings is 1. The molecule has 0 aliphatic rings. The van der Waals surface area contributed by atoms with E-state index < -0.39 is 0 Å². The van der Waals surface area contributed by atoms with E-state index in [-0.39, 0.29) is 5.92 Å². The zero-order valence-corrected chi connectivity index (χ0v) is 11.9. The average Bonchev–Trinajstić information content (AvgIpc) is 2.44. The van der Waals surface area contributed by atoms with Crippen LogP contribution in [0.1, 0.15) is 37.3 Å². The Morgan fingerprint density at radius 1 is 1.05 bits per heavy atom. The molecule has 0 heterocycles. The van der Waals surface area contributed by atoms with E-state index >= 15 is 0 Å². The molecule has 0 N–H and O–H groups in total. The van der Waals surface area contributed by atoms with Crippen molar-refractivity contribution in [2.24, 2.45) is 0 Å². The van der Waals surface area contributed by atoms with Crippen LogP contribution in [-0.4, -0.2) is 12.6 Å². The number of allylic oxidation sites excluding steroid dienone is 4. The summed E-state index contributed by atoms with van der Waals surface area (Å²) in [5.74, 6) is 0.0237. The Morgan fingerprint density at radius 3 is 2.16 bits per heavy atom. The van der Waals surface area contributed by atoms with Crippen molar-refractivity contribution in [2.45, 2.75) is 33.1 Å². The van der Waals surface area contributed by atoms with Gasteiger partial charge in [0, 0.05) is 5.92 Å². The van der Waals surface area contributed by atoms with Crippen LogP contribution in [0.2, 0.25) is 0 Å². The van der Waals surface area contributed by atoms with E-state index in [1.807, 2.05) is 57.2 Å². The van der Waals surface area contributed by atoms with Crippen LogP contribution >= 0.6 is 0 Å². The molecule has 102 valence electrons. The standard InChI is InChI=1S/C10H12O.C7H10O/c1-8-3-5-10(6-4-8)9(2)7-11;1-2-3-4-5-6-7-8/h3-7,9H,1-2H3;3-7H,2H2,1H3. The summed E-state index contributed by atoms with van der Waals surface area (Å²) >= 11 is 0. The lowest BCUT2D eigenvalue weighted by Crippen LogP contribution is -1.93. The fourth-order valence-electron chi connectivity index (χ4n) is 1.27. The maximum Gasteiger partial charge on any atom is 0.142 e. The fourth-order valence-corrected chi connectivity index (χ4v) is 1.27. The summed E-state index contributed by atoms with van der Waals surface area (Å²) in [4.78, 5) is 20.0. The van der Waals surface area contributed by atoms with Crippen molar-refractivity contribution >= 4 is 12.6 Å². The summed E-state index contributed by atoms with van der Waals surface area (Å²) in [5, 5.41) is 0. The van der Waals surface area contributed by atoms with Crippen molar-refractivity contribution in [3.05, 3.63) is 59.7 Å². The van der Waals surface area contributed by atoms with E-state index in [2.05, 4.69) is 0 Å². The Morgan fingerprint density at radius 2 is 1.68 bits per heavy atom. The molecule has 1 aromatic rings. The number of carbonyl (C=O) groups is 2. The lowest BCUT2D eigenvalue weighted by atomic mass is 10.0. The van der Waals surface area contributed by atoms with Crippen molar-refractivity contribution in [3.8, 4) is 0 Å². The van der Waals surface area contributed by atoms with Crippen LogP contribution in [-0.2, 0) is 9.59 Å². The monoisotopic (exact) mass is 258 g/mol. The first-order chi connectivity index (χ1) is 9.15. The van der Waals surface area contributed by atoms with Gasteiger partial charge in [0.15, 0.2) is 0 Å². The molecule has 0 amide bonds. The third kappa shape index (κ3) is 8.72. The van der Waals surface area contributed by atoms with Gasteiger partial charge in [-0.15, -0.1) is 0 Å². The third-order valence-corrected chi connectivity index (χ3v) is 2.48. The average molecular weight is 258 g/mol. The summed E-state index contributed by atoms with van der Waals surface area (Å²) < 4.78 is 0. The molecule has 0 saturated heterocycles. The molecule has 1 atom stereocenters. The van der Waals surface area contributed by atoms with E-state index in [1.165, 1.54) is 11.6 Å². The predicted molar refractivity (Wildman–Crippen MR) is 80.3 cm³/mol. The van der Waals surface area contributed by atoms with Crippen LogP contribution in [0.25, 0.3) is 0 Å². The topological polar surface area (TPSA) is 34.1 Å². The highest BCUT2D eigenvalue weighted by Gasteiger charge is 2.00. The minimum atomic E-state index is 0.0237. The number of hydrogen-bond acceptors (Lipinski definition) is 2. The fraction of sp³-hybridized carbons (Fsp3) is 0.294. The van der Waals surface area contributed by atoms with Gasteiger partial charge in [-0.05, 0) is 25.0 Å². The molecule has 1 aromatic carbocycles. The Bertz CT molecular complexity index is 413. The van der Waals surface area contributed by atoms with Gasteiger partial charge < -0.3 is 4.79 Å².